The number of hydrogen-bond acceptors (Lipinski definition) is 16. The molecule has 2 aliphatic rings. The maximum absolute atomic E-state index is 13.3. The summed E-state index contributed by atoms with van der Waals surface area (Å²) in [5.41, 5.74) is 1.71. The molecule has 0 aliphatic carbocycles. The molecule has 18 nitrogen and oxygen atoms in total. The molecular formula is C39H36N6O12. The van der Waals surface area contributed by atoms with Gasteiger partial charge in [-0.05, 0) is 29.8 Å². The van der Waals surface area contributed by atoms with E-state index in [9.17, 15) is 24.3 Å². The number of ether oxygens (including phenoxy) is 5. The highest BCUT2D eigenvalue weighted by molar-refractivity contribution is 6.03. The van der Waals surface area contributed by atoms with Gasteiger partial charge in [-0.1, -0.05) is 42.5 Å². The molecule has 6 heterocycles. The fourth-order valence-corrected chi connectivity index (χ4v) is 6.78. The monoisotopic (exact) mass is 780 g/mol. The number of aromatic hydroxyl groups is 1. The number of rotatable bonds is 7. The van der Waals surface area contributed by atoms with Crippen molar-refractivity contribution in [3.8, 4) is 11.5 Å². The third-order valence-electron chi connectivity index (χ3n) is 9.55. The van der Waals surface area contributed by atoms with Gasteiger partial charge >= 0.3 is 23.1 Å². The number of carbonyl (C=O) groups excluding carboxylic acids is 2. The molecule has 2 saturated heterocycles. The average molecular weight is 781 g/mol. The van der Waals surface area contributed by atoms with Crippen LogP contribution in [-0.4, -0.2) is 103 Å². The van der Waals surface area contributed by atoms with Crippen molar-refractivity contribution in [2.45, 2.75) is 6.61 Å². The molecule has 7 aromatic rings. The molecule has 4 aromatic heterocycles. The van der Waals surface area contributed by atoms with Gasteiger partial charge in [-0.25, -0.2) is 19.6 Å². The van der Waals surface area contributed by atoms with Gasteiger partial charge in [0.25, 0.3) is 0 Å². The van der Waals surface area contributed by atoms with Gasteiger partial charge in [0.2, 0.25) is 11.5 Å². The van der Waals surface area contributed by atoms with Crippen LogP contribution in [0.25, 0.3) is 33.2 Å². The first-order chi connectivity index (χ1) is 27.8. The van der Waals surface area contributed by atoms with E-state index in [1.54, 1.807) is 12.1 Å². The zero-order valence-electron chi connectivity index (χ0n) is 30.8. The standard InChI is InChI=1S/C23H21N3O6.C16H15N3O6/c1-29-23(28)19-20(31-14-15-6-3-2-4-7-15)22(27)26-21(24-19)18-16(8-5-9-17(18)32-26)25-10-12-30-13-11-25;1-23-16(22)12-13(20)15(21)19-14(17-12)11-9(3-2-4-10(11)25-19)18-5-7-24-8-6-18/h2-9H,10-14H2,1H3;2-4,20H,5-8H2,1H3. The molecule has 9 rings (SSSR count). The summed E-state index contributed by atoms with van der Waals surface area (Å²) in [6.07, 6.45) is 0. The van der Waals surface area contributed by atoms with E-state index in [1.165, 1.54) is 7.11 Å². The first-order valence-electron chi connectivity index (χ1n) is 17.9. The van der Waals surface area contributed by atoms with Crippen LogP contribution in [0.4, 0.5) is 11.4 Å². The summed E-state index contributed by atoms with van der Waals surface area (Å²) in [5.74, 6) is -2.68. The van der Waals surface area contributed by atoms with Crippen molar-refractivity contribution in [3.63, 3.8) is 0 Å². The predicted molar refractivity (Wildman–Crippen MR) is 204 cm³/mol. The van der Waals surface area contributed by atoms with Crippen LogP contribution >= 0.6 is 0 Å². The summed E-state index contributed by atoms with van der Waals surface area (Å²) in [6, 6.07) is 20.3. The van der Waals surface area contributed by atoms with E-state index in [2.05, 4.69) is 24.5 Å². The van der Waals surface area contributed by atoms with Crippen molar-refractivity contribution in [2.24, 2.45) is 0 Å². The van der Waals surface area contributed by atoms with Gasteiger partial charge in [-0.3, -0.25) is 9.59 Å². The van der Waals surface area contributed by atoms with Crippen LogP contribution in [0.3, 0.4) is 0 Å². The topological polar surface area (TPSA) is 202 Å². The molecule has 0 radical (unpaired) electrons. The van der Waals surface area contributed by atoms with Crippen LogP contribution in [0.1, 0.15) is 26.5 Å². The molecule has 0 amide bonds. The zero-order chi connectivity index (χ0) is 39.6. The molecular weight excluding hydrogens is 744 g/mol. The Morgan fingerprint density at radius 2 is 1.16 bits per heavy atom. The summed E-state index contributed by atoms with van der Waals surface area (Å²) in [5, 5.41) is 11.2. The highest BCUT2D eigenvalue weighted by Crippen LogP contribution is 2.34. The number of methoxy groups -OCH3 is 2. The van der Waals surface area contributed by atoms with E-state index in [0.29, 0.717) is 74.5 Å². The van der Waals surface area contributed by atoms with Gasteiger partial charge in [0.05, 0.1) is 62.8 Å². The summed E-state index contributed by atoms with van der Waals surface area (Å²) in [4.78, 5) is 62.9. The average Bonchev–Trinajstić information content (AvgIpc) is 3.84. The van der Waals surface area contributed by atoms with Crippen molar-refractivity contribution >= 4 is 56.5 Å². The molecule has 0 atom stereocenters. The Balaban J connectivity index is 0.000000165. The molecule has 18 heteroatoms. The molecule has 294 valence electrons. The Morgan fingerprint density at radius 1 is 0.667 bits per heavy atom. The molecule has 2 aliphatic heterocycles. The van der Waals surface area contributed by atoms with E-state index in [-0.39, 0.29) is 29.3 Å². The molecule has 0 unspecified atom stereocenters. The Kier molecular flexibility index (Phi) is 10.2. The minimum Gasteiger partial charge on any atom is -0.501 e. The maximum atomic E-state index is 13.3. The Labute approximate surface area is 321 Å². The van der Waals surface area contributed by atoms with Crippen molar-refractivity contribution in [1.29, 1.82) is 0 Å². The number of hydrogen-bond donors (Lipinski definition) is 1. The predicted octanol–water partition coefficient (Wildman–Crippen LogP) is 3.41. The zero-order valence-corrected chi connectivity index (χ0v) is 30.8. The van der Waals surface area contributed by atoms with Gasteiger partial charge < -0.3 is 47.6 Å². The Morgan fingerprint density at radius 3 is 1.68 bits per heavy atom. The lowest BCUT2D eigenvalue weighted by atomic mass is 10.2. The normalized spacial score (nSPS) is 14.5. The van der Waals surface area contributed by atoms with E-state index in [1.807, 2.05) is 54.6 Å². The first kappa shape index (κ1) is 37.0. The van der Waals surface area contributed by atoms with Gasteiger partial charge in [-0.2, -0.15) is 0 Å². The first-order valence-corrected chi connectivity index (χ1v) is 17.9. The minimum atomic E-state index is -0.893. The number of esters is 2. The number of carbonyl (C=O) groups is 2. The van der Waals surface area contributed by atoms with Crippen molar-refractivity contribution in [2.75, 3.05) is 76.6 Å². The second-order valence-electron chi connectivity index (χ2n) is 12.9. The van der Waals surface area contributed by atoms with Gasteiger partial charge in [-0.15, -0.1) is 9.15 Å². The van der Waals surface area contributed by atoms with E-state index in [0.717, 1.165) is 33.2 Å². The van der Waals surface area contributed by atoms with Crippen molar-refractivity contribution in [1.82, 2.24) is 19.1 Å². The van der Waals surface area contributed by atoms with Gasteiger partial charge in [0.15, 0.2) is 33.8 Å². The van der Waals surface area contributed by atoms with Gasteiger partial charge in [0.1, 0.15) is 6.61 Å². The number of aromatic nitrogens is 4. The smallest absolute Gasteiger partial charge is 0.360 e. The fourth-order valence-electron chi connectivity index (χ4n) is 6.78. The third kappa shape index (κ3) is 6.84. The minimum absolute atomic E-state index is 0.0904. The summed E-state index contributed by atoms with van der Waals surface area (Å²) < 4.78 is 39.4. The molecule has 3 aromatic carbocycles. The van der Waals surface area contributed by atoms with Crippen LogP contribution in [0, 0.1) is 0 Å². The number of benzene rings is 3. The highest BCUT2D eigenvalue weighted by Gasteiger charge is 2.28. The molecule has 0 saturated carbocycles. The number of morpholine rings is 2. The number of fused-ring (bicyclic) bond motifs is 6. The van der Waals surface area contributed by atoms with Crippen LogP contribution in [0.2, 0.25) is 0 Å². The quantitative estimate of drug-likeness (QED) is 0.230. The fraction of sp³-hybridized carbons (Fsp3) is 0.282. The molecule has 0 spiro atoms. The van der Waals surface area contributed by atoms with Crippen LogP contribution in [0.15, 0.2) is 85.4 Å². The lowest BCUT2D eigenvalue weighted by molar-refractivity contribution is 0.0579. The van der Waals surface area contributed by atoms with E-state index >= 15 is 0 Å². The maximum Gasteiger partial charge on any atom is 0.360 e. The van der Waals surface area contributed by atoms with E-state index in [4.69, 9.17) is 28.0 Å². The SMILES string of the molecule is COC(=O)c1nc2c3c(N4CCOCC4)cccc3on2c(=O)c1O.COC(=O)c1nc2c3c(N4CCOCC4)cccc3on2c(=O)c1OCc1ccccc1. The number of anilines is 2. The third-order valence-corrected chi connectivity index (χ3v) is 9.55. The Hall–Kier alpha value is -6.92. The number of nitrogens with zero attached hydrogens (tertiary/aromatic N) is 6. The Bertz CT molecular complexity index is 2740. The highest BCUT2D eigenvalue weighted by atomic mass is 16.5. The lowest BCUT2D eigenvalue weighted by Gasteiger charge is -2.29. The van der Waals surface area contributed by atoms with Gasteiger partial charge in [0, 0.05) is 26.2 Å². The molecule has 1 N–H and O–H groups in total. The summed E-state index contributed by atoms with van der Waals surface area (Å²) in [7, 11) is 2.39. The van der Waals surface area contributed by atoms with Crippen LogP contribution < -0.4 is 25.7 Å². The molecule has 57 heavy (non-hydrogen) atoms. The second-order valence-corrected chi connectivity index (χ2v) is 12.9. The molecule has 2 fully saturated rings. The van der Waals surface area contributed by atoms with Crippen LogP contribution in [-0.2, 0) is 25.6 Å². The lowest BCUT2D eigenvalue weighted by Crippen LogP contribution is -2.36. The summed E-state index contributed by atoms with van der Waals surface area (Å²) in [6.45, 7) is 5.24. The largest absolute Gasteiger partial charge is 0.501 e. The second kappa shape index (κ2) is 15.7. The van der Waals surface area contributed by atoms with Crippen molar-refractivity contribution < 1.29 is 47.4 Å². The van der Waals surface area contributed by atoms with E-state index < -0.39 is 34.5 Å². The van der Waals surface area contributed by atoms with Crippen LogP contribution in [0.5, 0.6) is 11.5 Å². The molecule has 0 bridgehead atoms. The summed E-state index contributed by atoms with van der Waals surface area (Å²) >= 11 is 0. The van der Waals surface area contributed by atoms with Crippen molar-refractivity contribution in [3.05, 3.63) is 104 Å².